The monoisotopic (exact) mass is 415 g/mol. The number of pyridine rings is 1. The molecule has 7 heteroatoms. The van der Waals surface area contributed by atoms with Crippen LogP contribution in [-0.2, 0) is 11.3 Å². The highest BCUT2D eigenvalue weighted by Crippen LogP contribution is 2.36. The van der Waals surface area contributed by atoms with Gasteiger partial charge in [0.1, 0.15) is 0 Å². The minimum absolute atomic E-state index is 0.00228. The molecule has 0 unspecified atom stereocenters. The molecular weight excluding hydrogens is 390 g/mol. The van der Waals surface area contributed by atoms with Crippen LogP contribution < -0.4 is 9.47 Å². The number of amides is 1. The van der Waals surface area contributed by atoms with Crippen LogP contribution in [0.3, 0.4) is 0 Å². The summed E-state index contributed by atoms with van der Waals surface area (Å²) < 4.78 is 10.9. The van der Waals surface area contributed by atoms with Crippen LogP contribution in [0.5, 0.6) is 11.5 Å². The molecule has 0 bridgehead atoms. The summed E-state index contributed by atoms with van der Waals surface area (Å²) >= 11 is 6.29. The number of nitrogens with zero attached hydrogens (tertiary/aromatic N) is 3. The van der Waals surface area contributed by atoms with E-state index in [4.69, 9.17) is 21.1 Å². The van der Waals surface area contributed by atoms with Gasteiger partial charge >= 0.3 is 0 Å². The van der Waals surface area contributed by atoms with Crippen LogP contribution in [0.1, 0.15) is 18.1 Å². The quantitative estimate of drug-likeness (QED) is 0.648. The Labute approximate surface area is 176 Å². The van der Waals surface area contributed by atoms with Gasteiger partial charge in [-0.1, -0.05) is 11.6 Å². The molecule has 0 saturated carbocycles. The van der Waals surface area contributed by atoms with E-state index in [9.17, 15) is 4.79 Å². The maximum atomic E-state index is 12.6. The van der Waals surface area contributed by atoms with E-state index in [1.807, 2.05) is 42.4 Å². The predicted molar refractivity (Wildman–Crippen MR) is 114 cm³/mol. The van der Waals surface area contributed by atoms with Gasteiger partial charge in [0, 0.05) is 51.2 Å². The molecule has 0 radical (unpaired) electrons. The largest absolute Gasteiger partial charge is 0.493 e. The fourth-order valence-corrected chi connectivity index (χ4v) is 3.54. The van der Waals surface area contributed by atoms with Gasteiger partial charge in [0.25, 0.3) is 0 Å². The first kappa shape index (κ1) is 21.1. The number of aromatic nitrogens is 1. The molecule has 1 fully saturated rings. The van der Waals surface area contributed by atoms with Crippen LogP contribution in [0.4, 0.5) is 0 Å². The van der Waals surface area contributed by atoms with Crippen molar-refractivity contribution in [1.29, 1.82) is 0 Å². The molecule has 0 atom stereocenters. The van der Waals surface area contributed by atoms with E-state index in [0.717, 1.165) is 25.2 Å². The number of benzene rings is 1. The lowest BCUT2D eigenvalue weighted by atomic mass is 10.1. The molecule has 0 spiro atoms. The number of hydrogen-bond acceptors (Lipinski definition) is 5. The molecule has 3 rings (SSSR count). The lowest BCUT2D eigenvalue weighted by Crippen LogP contribution is -2.47. The third-order valence-corrected chi connectivity index (χ3v) is 5.08. The summed E-state index contributed by atoms with van der Waals surface area (Å²) in [6.45, 7) is 6.39. The first-order valence-electron chi connectivity index (χ1n) is 9.69. The molecule has 2 aromatic rings. The van der Waals surface area contributed by atoms with Crippen molar-refractivity contribution >= 4 is 23.6 Å². The molecule has 2 heterocycles. The van der Waals surface area contributed by atoms with Crippen molar-refractivity contribution in [1.82, 2.24) is 14.8 Å². The van der Waals surface area contributed by atoms with Crippen LogP contribution in [-0.4, -0.2) is 60.6 Å². The lowest BCUT2D eigenvalue weighted by molar-refractivity contribution is -0.127. The molecule has 1 saturated heterocycles. The number of hydrogen-bond donors (Lipinski definition) is 0. The van der Waals surface area contributed by atoms with Crippen LogP contribution in [0.25, 0.3) is 6.08 Å². The van der Waals surface area contributed by atoms with Gasteiger partial charge in [-0.25, -0.2) is 0 Å². The fraction of sp³-hybridized carbons (Fsp3) is 0.364. The summed E-state index contributed by atoms with van der Waals surface area (Å²) in [5.41, 5.74) is 2.03. The molecular formula is C22H26ClN3O3. The SMILES string of the molecule is CCOc1c(Cl)cc(/C=C/C(=O)N2CCN(Cc3ccncc3)CC2)cc1OC. The Morgan fingerprint density at radius 1 is 1.21 bits per heavy atom. The number of rotatable bonds is 7. The first-order valence-corrected chi connectivity index (χ1v) is 10.1. The Morgan fingerprint density at radius 2 is 1.93 bits per heavy atom. The Bertz CT molecular complexity index is 850. The molecule has 154 valence electrons. The van der Waals surface area contributed by atoms with Gasteiger partial charge in [0.05, 0.1) is 18.7 Å². The van der Waals surface area contributed by atoms with Crippen molar-refractivity contribution < 1.29 is 14.3 Å². The van der Waals surface area contributed by atoms with E-state index >= 15 is 0 Å². The molecule has 1 aromatic carbocycles. The van der Waals surface area contributed by atoms with Gasteiger partial charge in [-0.15, -0.1) is 0 Å². The van der Waals surface area contributed by atoms with Gasteiger partial charge in [0.2, 0.25) is 5.91 Å². The van der Waals surface area contributed by atoms with E-state index in [-0.39, 0.29) is 5.91 Å². The van der Waals surface area contributed by atoms with Gasteiger partial charge in [-0.05, 0) is 48.4 Å². The predicted octanol–water partition coefficient (Wildman–Crippen LogP) is 3.50. The maximum absolute atomic E-state index is 12.6. The smallest absolute Gasteiger partial charge is 0.246 e. The van der Waals surface area contributed by atoms with Crippen LogP contribution in [0, 0.1) is 0 Å². The van der Waals surface area contributed by atoms with E-state index < -0.39 is 0 Å². The molecule has 0 aliphatic carbocycles. The summed E-state index contributed by atoms with van der Waals surface area (Å²) in [5, 5.41) is 0.461. The fourth-order valence-electron chi connectivity index (χ4n) is 3.27. The zero-order chi connectivity index (χ0) is 20.6. The van der Waals surface area contributed by atoms with E-state index in [1.54, 1.807) is 25.3 Å². The van der Waals surface area contributed by atoms with Gasteiger partial charge in [-0.3, -0.25) is 14.7 Å². The third kappa shape index (κ3) is 5.71. The van der Waals surface area contributed by atoms with Gasteiger partial charge in [0.15, 0.2) is 11.5 Å². The third-order valence-electron chi connectivity index (χ3n) is 4.80. The molecule has 29 heavy (non-hydrogen) atoms. The van der Waals surface area contributed by atoms with Gasteiger partial charge < -0.3 is 14.4 Å². The standard InChI is InChI=1S/C22H26ClN3O3/c1-3-29-22-19(23)14-18(15-20(22)28-2)4-5-21(27)26-12-10-25(11-13-26)16-17-6-8-24-9-7-17/h4-9,14-15H,3,10-13,16H2,1-2H3/b5-4+. The Kier molecular flexibility index (Phi) is 7.49. The number of halogens is 1. The van der Waals surface area contributed by atoms with Gasteiger partial charge in [-0.2, -0.15) is 0 Å². The summed E-state index contributed by atoms with van der Waals surface area (Å²) in [6.07, 6.45) is 6.96. The summed E-state index contributed by atoms with van der Waals surface area (Å²) in [5.74, 6) is 1.07. The average Bonchev–Trinajstić information content (AvgIpc) is 2.75. The summed E-state index contributed by atoms with van der Waals surface area (Å²) in [7, 11) is 1.57. The first-order chi connectivity index (χ1) is 14.1. The molecule has 1 amide bonds. The highest BCUT2D eigenvalue weighted by Gasteiger charge is 2.19. The Balaban J connectivity index is 1.57. The second-order valence-corrected chi connectivity index (χ2v) is 7.16. The van der Waals surface area contributed by atoms with E-state index in [2.05, 4.69) is 9.88 Å². The number of carbonyl (C=O) groups excluding carboxylic acids is 1. The minimum atomic E-state index is -0.00228. The van der Waals surface area contributed by atoms with Crippen molar-refractivity contribution in [3.8, 4) is 11.5 Å². The molecule has 6 nitrogen and oxygen atoms in total. The summed E-state index contributed by atoms with van der Waals surface area (Å²) in [6, 6.07) is 7.63. The van der Waals surface area contributed by atoms with Crippen LogP contribution in [0.15, 0.2) is 42.7 Å². The number of ether oxygens (including phenoxy) is 2. The zero-order valence-corrected chi connectivity index (χ0v) is 17.6. The van der Waals surface area contributed by atoms with Crippen molar-refractivity contribution in [3.05, 3.63) is 58.9 Å². The molecule has 1 aliphatic rings. The van der Waals surface area contributed by atoms with E-state index in [0.29, 0.717) is 36.2 Å². The van der Waals surface area contributed by atoms with E-state index in [1.165, 1.54) is 5.56 Å². The second-order valence-electron chi connectivity index (χ2n) is 6.76. The Hall–Kier alpha value is -2.57. The zero-order valence-electron chi connectivity index (χ0n) is 16.8. The lowest BCUT2D eigenvalue weighted by Gasteiger charge is -2.34. The highest BCUT2D eigenvalue weighted by atomic mass is 35.5. The number of piperazine rings is 1. The van der Waals surface area contributed by atoms with Crippen LogP contribution in [0.2, 0.25) is 5.02 Å². The minimum Gasteiger partial charge on any atom is -0.493 e. The number of carbonyl (C=O) groups is 1. The maximum Gasteiger partial charge on any atom is 0.246 e. The topological polar surface area (TPSA) is 54.9 Å². The van der Waals surface area contributed by atoms with Crippen molar-refractivity contribution in [2.24, 2.45) is 0 Å². The van der Waals surface area contributed by atoms with Crippen molar-refractivity contribution in [2.75, 3.05) is 39.9 Å². The Morgan fingerprint density at radius 3 is 2.59 bits per heavy atom. The molecule has 1 aliphatic heterocycles. The van der Waals surface area contributed by atoms with Crippen molar-refractivity contribution in [2.45, 2.75) is 13.5 Å². The highest BCUT2D eigenvalue weighted by molar-refractivity contribution is 6.32. The summed E-state index contributed by atoms with van der Waals surface area (Å²) in [4.78, 5) is 20.8. The molecule has 0 N–H and O–H groups in total. The molecule has 1 aromatic heterocycles. The average molecular weight is 416 g/mol. The normalized spacial score (nSPS) is 14.9. The van der Waals surface area contributed by atoms with Crippen molar-refractivity contribution in [3.63, 3.8) is 0 Å². The number of methoxy groups -OCH3 is 1. The second kappa shape index (κ2) is 10.3. The van der Waals surface area contributed by atoms with Crippen LogP contribution >= 0.6 is 11.6 Å².